The van der Waals surface area contributed by atoms with Crippen molar-refractivity contribution in [2.24, 2.45) is 0 Å². The van der Waals surface area contributed by atoms with Crippen LogP contribution in [0.4, 0.5) is 10.1 Å². The van der Waals surface area contributed by atoms with E-state index in [9.17, 15) is 4.39 Å². The first-order valence-electron chi connectivity index (χ1n) is 4.98. The molecule has 0 bridgehead atoms. The van der Waals surface area contributed by atoms with Crippen molar-refractivity contribution < 1.29 is 4.39 Å². The Balaban J connectivity index is 2.65. The number of hydrogen-bond acceptors (Lipinski definition) is 1. The Morgan fingerprint density at radius 2 is 2.07 bits per heavy atom. The van der Waals surface area contributed by atoms with Gasteiger partial charge >= 0.3 is 0 Å². The van der Waals surface area contributed by atoms with Crippen molar-refractivity contribution in [1.82, 2.24) is 4.90 Å². The number of hydrogen-bond donors (Lipinski definition) is 1. The van der Waals surface area contributed by atoms with Gasteiger partial charge in [-0.2, -0.15) is 0 Å². The first-order chi connectivity index (χ1) is 7.17. The molecule has 0 aliphatic rings. The molecular formula is C11H15FN2S. The van der Waals surface area contributed by atoms with Gasteiger partial charge in [-0.15, -0.1) is 0 Å². The molecule has 0 radical (unpaired) electrons. The zero-order chi connectivity index (χ0) is 11.3. The molecular weight excluding hydrogens is 211 g/mol. The van der Waals surface area contributed by atoms with Crippen LogP contribution in [0.15, 0.2) is 24.3 Å². The molecule has 1 rings (SSSR count). The Hall–Kier alpha value is -1.16. The molecule has 0 unspecified atom stereocenters. The first kappa shape index (κ1) is 11.9. The van der Waals surface area contributed by atoms with E-state index in [4.69, 9.17) is 12.2 Å². The zero-order valence-corrected chi connectivity index (χ0v) is 9.77. The fourth-order valence-electron chi connectivity index (χ4n) is 1.28. The van der Waals surface area contributed by atoms with Gasteiger partial charge in [0.15, 0.2) is 5.11 Å². The lowest BCUT2D eigenvalue weighted by Gasteiger charge is -2.22. The number of anilines is 1. The van der Waals surface area contributed by atoms with Gasteiger partial charge in [-0.05, 0) is 44.3 Å². The fraction of sp³-hybridized carbons (Fsp3) is 0.364. The van der Waals surface area contributed by atoms with Crippen molar-refractivity contribution in [2.45, 2.75) is 13.8 Å². The predicted molar refractivity (Wildman–Crippen MR) is 65.5 cm³/mol. The van der Waals surface area contributed by atoms with Gasteiger partial charge in [0.05, 0.1) is 0 Å². The summed E-state index contributed by atoms with van der Waals surface area (Å²) >= 11 is 5.19. The molecule has 2 nitrogen and oxygen atoms in total. The maximum Gasteiger partial charge on any atom is 0.173 e. The van der Waals surface area contributed by atoms with Crippen molar-refractivity contribution in [1.29, 1.82) is 0 Å². The quantitative estimate of drug-likeness (QED) is 0.798. The molecule has 1 N–H and O–H groups in total. The van der Waals surface area contributed by atoms with Crippen LogP contribution >= 0.6 is 12.2 Å². The number of rotatable bonds is 3. The van der Waals surface area contributed by atoms with E-state index in [1.165, 1.54) is 12.1 Å². The summed E-state index contributed by atoms with van der Waals surface area (Å²) in [6, 6.07) is 6.28. The van der Waals surface area contributed by atoms with Crippen LogP contribution in [0, 0.1) is 5.82 Å². The molecule has 0 aliphatic carbocycles. The van der Waals surface area contributed by atoms with Crippen LogP contribution in [0.5, 0.6) is 0 Å². The molecule has 15 heavy (non-hydrogen) atoms. The minimum Gasteiger partial charge on any atom is -0.350 e. The van der Waals surface area contributed by atoms with E-state index in [0.717, 1.165) is 13.1 Å². The molecule has 0 atom stereocenters. The Morgan fingerprint density at radius 1 is 1.40 bits per heavy atom. The largest absolute Gasteiger partial charge is 0.350 e. The van der Waals surface area contributed by atoms with E-state index in [1.54, 1.807) is 12.1 Å². The molecule has 1 aromatic carbocycles. The van der Waals surface area contributed by atoms with Gasteiger partial charge in [0, 0.05) is 18.8 Å². The van der Waals surface area contributed by atoms with Crippen LogP contribution < -0.4 is 5.32 Å². The second-order valence-electron chi connectivity index (χ2n) is 3.11. The van der Waals surface area contributed by atoms with Crippen LogP contribution in [0.1, 0.15) is 13.8 Å². The number of nitrogens with one attached hydrogen (secondary N) is 1. The van der Waals surface area contributed by atoms with Gasteiger partial charge in [-0.1, -0.05) is 6.07 Å². The zero-order valence-electron chi connectivity index (χ0n) is 8.96. The van der Waals surface area contributed by atoms with Gasteiger partial charge in [-0.3, -0.25) is 0 Å². The highest BCUT2D eigenvalue weighted by Crippen LogP contribution is 2.09. The number of halogens is 1. The normalized spacial score (nSPS) is 9.80. The van der Waals surface area contributed by atoms with E-state index in [-0.39, 0.29) is 5.82 Å². The summed E-state index contributed by atoms with van der Waals surface area (Å²) < 4.78 is 12.9. The van der Waals surface area contributed by atoms with Crippen LogP contribution in [0.25, 0.3) is 0 Å². The number of benzene rings is 1. The molecule has 0 heterocycles. The summed E-state index contributed by atoms with van der Waals surface area (Å²) in [4.78, 5) is 2.00. The van der Waals surface area contributed by atoms with Crippen LogP contribution in [0.3, 0.4) is 0 Å². The maximum atomic E-state index is 12.9. The SMILES string of the molecule is CCN(CC)C(=S)Nc1cccc(F)c1. The predicted octanol–water partition coefficient (Wildman–Crippen LogP) is 2.86. The van der Waals surface area contributed by atoms with Crippen molar-refractivity contribution in [3.8, 4) is 0 Å². The van der Waals surface area contributed by atoms with Crippen LogP contribution in [-0.2, 0) is 0 Å². The monoisotopic (exact) mass is 226 g/mol. The van der Waals surface area contributed by atoms with Crippen molar-refractivity contribution >= 4 is 23.0 Å². The van der Waals surface area contributed by atoms with E-state index in [1.807, 2.05) is 18.7 Å². The summed E-state index contributed by atoms with van der Waals surface area (Å²) in [6.07, 6.45) is 0. The van der Waals surface area contributed by atoms with Crippen LogP contribution in [0.2, 0.25) is 0 Å². The van der Waals surface area contributed by atoms with E-state index in [0.29, 0.717) is 10.8 Å². The standard InChI is InChI=1S/C11H15FN2S/c1-3-14(4-2)11(15)13-10-7-5-6-9(12)8-10/h5-8H,3-4H2,1-2H3,(H,13,15). The third-order valence-electron chi connectivity index (χ3n) is 2.13. The lowest BCUT2D eigenvalue weighted by atomic mass is 10.3. The summed E-state index contributed by atoms with van der Waals surface area (Å²) in [5, 5.41) is 3.63. The highest BCUT2D eigenvalue weighted by Gasteiger charge is 2.04. The molecule has 0 amide bonds. The van der Waals surface area contributed by atoms with E-state index in [2.05, 4.69) is 5.32 Å². The molecule has 4 heteroatoms. The smallest absolute Gasteiger partial charge is 0.173 e. The third kappa shape index (κ3) is 3.47. The summed E-state index contributed by atoms with van der Waals surface area (Å²) in [7, 11) is 0. The highest BCUT2D eigenvalue weighted by atomic mass is 32.1. The highest BCUT2D eigenvalue weighted by molar-refractivity contribution is 7.80. The van der Waals surface area contributed by atoms with Gasteiger partial charge < -0.3 is 10.2 Å². The van der Waals surface area contributed by atoms with E-state index >= 15 is 0 Å². The lowest BCUT2D eigenvalue weighted by molar-refractivity contribution is 0.473. The summed E-state index contributed by atoms with van der Waals surface area (Å²) in [6.45, 7) is 5.75. The molecule has 0 aliphatic heterocycles. The Kier molecular flexibility index (Phi) is 4.49. The molecule has 0 spiro atoms. The van der Waals surface area contributed by atoms with E-state index < -0.39 is 0 Å². The molecule has 0 saturated heterocycles. The van der Waals surface area contributed by atoms with Gasteiger partial charge in [0.2, 0.25) is 0 Å². The van der Waals surface area contributed by atoms with Gasteiger partial charge in [0.25, 0.3) is 0 Å². The lowest BCUT2D eigenvalue weighted by Crippen LogP contribution is -2.34. The topological polar surface area (TPSA) is 15.3 Å². The summed E-state index contributed by atoms with van der Waals surface area (Å²) in [5.41, 5.74) is 0.687. The maximum absolute atomic E-state index is 12.9. The minimum absolute atomic E-state index is 0.262. The third-order valence-corrected chi connectivity index (χ3v) is 2.49. The summed E-state index contributed by atoms with van der Waals surface area (Å²) in [5.74, 6) is -0.262. The number of thiocarbonyl (C=S) groups is 1. The molecule has 0 saturated carbocycles. The second kappa shape index (κ2) is 5.66. The van der Waals surface area contributed by atoms with Crippen LogP contribution in [-0.4, -0.2) is 23.1 Å². The van der Waals surface area contributed by atoms with Crippen molar-refractivity contribution in [2.75, 3.05) is 18.4 Å². The number of nitrogens with zero attached hydrogens (tertiary/aromatic N) is 1. The first-order valence-corrected chi connectivity index (χ1v) is 5.39. The molecule has 0 fully saturated rings. The average molecular weight is 226 g/mol. The van der Waals surface area contributed by atoms with Crippen molar-refractivity contribution in [3.63, 3.8) is 0 Å². The van der Waals surface area contributed by atoms with Gasteiger partial charge in [0.1, 0.15) is 5.82 Å². The Bertz CT molecular complexity index is 337. The molecule has 0 aromatic heterocycles. The minimum atomic E-state index is -0.262. The Morgan fingerprint density at radius 3 is 2.60 bits per heavy atom. The molecule has 82 valence electrons. The molecule has 1 aromatic rings. The second-order valence-corrected chi connectivity index (χ2v) is 3.50. The average Bonchev–Trinajstić information content (AvgIpc) is 2.19. The van der Waals surface area contributed by atoms with Gasteiger partial charge in [-0.25, -0.2) is 4.39 Å². The Labute approximate surface area is 95.1 Å². The fourth-order valence-corrected chi connectivity index (χ4v) is 1.66. The van der Waals surface area contributed by atoms with Crippen molar-refractivity contribution in [3.05, 3.63) is 30.1 Å².